The van der Waals surface area contributed by atoms with E-state index in [9.17, 15) is 18.0 Å². The predicted octanol–water partition coefficient (Wildman–Crippen LogP) is 4.28. The number of halogens is 4. The van der Waals surface area contributed by atoms with Crippen molar-refractivity contribution in [2.75, 3.05) is 0 Å². The van der Waals surface area contributed by atoms with Crippen molar-refractivity contribution in [2.24, 2.45) is 0 Å². The van der Waals surface area contributed by atoms with Gasteiger partial charge in [-0.15, -0.1) is 0 Å². The van der Waals surface area contributed by atoms with Crippen molar-refractivity contribution in [3.63, 3.8) is 0 Å². The highest BCUT2D eigenvalue weighted by atomic mass is 35.5. The predicted molar refractivity (Wildman–Crippen MR) is 75.8 cm³/mol. The molecule has 0 spiro atoms. The summed E-state index contributed by atoms with van der Waals surface area (Å²) in [7, 11) is 0. The second-order valence-electron chi connectivity index (χ2n) is 5.48. The molecule has 23 heavy (non-hydrogen) atoms. The Labute approximate surface area is 134 Å². The number of hydrogen-bond donors (Lipinski definition) is 0. The lowest BCUT2D eigenvalue weighted by atomic mass is 10.0. The fourth-order valence-corrected chi connectivity index (χ4v) is 2.59. The Balaban J connectivity index is 2.24. The van der Waals surface area contributed by atoms with E-state index < -0.39 is 34.9 Å². The van der Waals surface area contributed by atoms with Gasteiger partial charge in [-0.1, -0.05) is 17.7 Å². The van der Waals surface area contributed by atoms with Crippen molar-refractivity contribution in [3.05, 3.63) is 46.1 Å². The van der Waals surface area contributed by atoms with E-state index in [0.717, 1.165) is 18.3 Å². The van der Waals surface area contributed by atoms with Gasteiger partial charge in [0.25, 0.3) is 6.43 Å². The van der Waals surface area contributed by atoms with Crippen LogP contribution in [0, 0.1) is 5.82 Å². The van der Waals surface area contributed by atoms with Crippen molar-refractivity contribution in [2.45, 2.75) is 25.9 Å². The number of alkyl halides is 2. The second-order valence-corrected chi connectivity index (χ2v) is 5.89. The number of carbonyl (C=O) groups is 1. The Morgan fingerprint density at radius 1 is 1.30 bits per heavy atom. The normalized spacial score (nSPS) is 15.7. The number of benzene rings is 1. The average Bonchev–Trinajstić information content (AvgIpc) is 2.70. The van der Waals surface area contributed by atoms with Crippen LogP contribution in [0.4, 0.5) is 13.2 Å². The number of rotatable bonds is 2. The minimum absolute atomic E-state index is 0.118. The smallest absolute Gasteiger partial charge is 0.359 e. The van der Waals surface area contributed by atoms with E-state index in [1.807, 2.05) is 0 Å². The molecular formula is C15H10ClF3N2O2. The minimum atomic E-state index is -2.93. The summed E-state index contributed by atoms with van der Waals surface area (Å²) in [5, 5.41) is -0.324. The van der Waals surface area contributed by atoms with Gasteiger partial charge in [-0.3, -0.25) is 4.98 Å². The van der Waals surface area contributed by atoms with E-state index in [4.69, 9.17) is 16.3 Å². The number of carbonyl (C=O) groups excluding carboxylic acids is 1. The summed E-state index contributed by atoms with van der Waals surface area (Å²) >= 11 is 5.67. The summed E-state index contributed by atoms with van der Waals surface area (Å²) in [6, 6.07) is 2.06. The van der Waals surface area contributed by atoms with E-state index in [1.165, 1.54) is 0 Å². The molecule has 1 aromatic heterocycles. The third-order valence-electron chi connectivity index (χ3n) is 3.50. The summed E-state index contributed by atoms with van der Waals surface area (Å²) in [6.07, 6.45) is -1.81. The van der Waals surface area contributed by atoms with Crippen LogP contribution in [0.1, 0.15) is 42.0 Å². The Hall–Kier alpha value is -2.15. The highest BCUT2D eigenvalue weighted by Gasteiger charge is 2.41. The second kappa shape index (κ2) is 5.19. The number of hydrogen-bond acceptors (Lipinski definition) is 4. The molecule has 0 unspecified atom stereocenters. The zero-order valence-electron chi connectivity index (χ0n) is 12.0. The Morgan fingerprint density at radius 3 is 2.65 bits per heavy atom. The molecule has 2 aromatic rings. The first-order chi connectivity index (χ1) is 10.7. The van der Waals surface area contributed by atoms with Crippen molar-refractivity contribution in [3.8, 4) is 11.3 Å². The first kappa shape index (κ1) is 15.7. The molecule has 0 N–H and O–H groups in total. The highest BCUT2D eigenvalue weighted by molar-refractivity contribution is 6.31. The van der Waals surface area contributed by atoms with Crippen LogP contribution in [-0.4, -0.2) is 15.9 Å². The summed E-state index contributed by atoms with van der Waals surface area (Å²) in [5.41, 5.74) is -2.07. The molecule has 120 valence electrons. The standard InChI is InChI=1S/C15H10ClF3N2O2/c1-15(2)12-11(14(22)23-15)21-8(5-20-12)9-6(13(18)19)3-4-7(16)10(9)17/h3-5,13H,1-2H3. The molecule has 4 nitrogen and oxygen atoms in total. The monoisotopic (exact) mass is 342 g/mol. The van der Waals surface area contributed by atoms with Crippen LogP contribution < -0.4 is 0 Å². The number of nitrogens with zero attached hydrogens (tertiary/aromatic N) is 2. The fourth-order valence-electron chi connectivity index (χ4n) is 2.43. The van der Waals surface area contributed by atoms with Crippen molar-refractivity contribution >= 4 is 17.6 Å². The Kier molecular flexibility index (Phi) is 3.55. The SMILES string of the molecule is CC1(C)OC(=O)c2nc(-c3c(C(F)F)ccc(Cl)c3F)cnc21. The maximum absolute atomic E-state index is 14.3. The maximum Gasteiger partial charge on any atom is 0.359 e. The molecule has 2 heterocycles. The topological polar surface area (TPSA) is 52.1 Å². The average molecular weight is 343 g/mol. The first-order valence-corrected chi connectivity index (χ1v) is 6.97. The van der Waals surface area contributed by atoms with Gasteiger partial charge in [0.15, 0.2) is 17.1 Å². The van der Waals surface area contributed by atoms with Gasteiger partial charge in [0.1, 0.15) is 5.69 Å². The van der Waals surface area contributed by atoms with Crippen LogP contribution in [0.3, 0.4) is 0 Å². The van der Waals surface area contributed by atoms with E-state index in [2.05, 4.69) is 9.97 Å². The largest absolute Gasteiger partial charge is 0.448 e. The number of aromatic nitrogens is 2. The van der Waals surface area contributed by atoms with Gasteiger partial charge in [-0.05, 0) is 19.9 Å². The van der Waals surface area contributed by atoms with Gasteiger partial charge in [0, 0.05) is 11.1 Å². The lowest BCUT2D eigenvalue weighted by molar-refractivity contribution is 0.00813. The van der Waals surface area contributed by atoms with Crippen LogP contribution in [-0.2, 0) is 10.3 Å². The number of ether oxygens (including phenoxy) is 1. The summed E-state index contributed by atoms with van der Waals surface area (Å²) in [5.74, 6) is -1.77. The first-order valence-electron chi connectivity index (χ1n) is 6.59. The molecule has 1 aliphatic rings. The van der Waals surface area contributed by atoms with Gasteiger partial charge in [0.2, 0.25) is 0 Å². The Morgan fingerprint density at radius 2 is 2.00 bits per heavy atom. The zero-order chi connectivity index (χ0) is 16.9. The van der Waals surface area contributed by atoms with Gasteiger partial charge in [0.05, 0.1) is 16.9 Å². The third-order valence-corrected chi connectivity index (χ3v) is 3.79. The zero-order valence-corrected chi connectivity index (χ0v) is 12.8. The lowest BCUT2D eigenvalue weighted by Crippen LogP contribution is -2.17. The molecule has 1 aromatic carbocycles. The van der Waals surface area contributed by atoms with E-state index in [1.54, 1.807) is 13.8 Å². The lowest BCUT2D eigenvalue weighted by Gasteiger charge is -2.16. The minimum Gasteiger partial charge on any atom is -0.448 e. The molecule has 0 amide bonds. The Bertz CT molecular complexity index is 825. The number of cyclic esters (lactones) is 1. The molecule has 0 bridgehead atoms. The van der Waals surface area contributed by atoms with Gasteiger partial charge < -0.3 is 4.74 Å². The van der Waals surface area contributed by atoms with Crippen LogP contribution in [0.2, 0.25) is 5.02 Å². The number of esters is 1. The third kappa shape index (κ3) is 2.45. The molecule has 3 rings (SSSR count). The van der Waals surface area contributed by atoms with Gasteiger partial charge in [-0.25, -0.2) is 22.9 Å². The van der Waals surface area contributed by atoms with Crippen LogP contribution >= 0.6 is 11.6 Å². The summed E-state index contributed by atoms with van der Waals surface area (Å²) < 4.78 is 45.7. The van der Waals surface area contributed by atoms with Crippen LogP contribution in [0.25, 0.3) is 11.3 Å². The summed E-state index contributed by atoms with van der Waals surface area (Å²) in [4.78, 5) is 19.9. The van der Waals surface area contributed by atoms with Crippen LogP contribution in [0.5, 0.6) is 0 Å². The molecule has 0 saturated carbocycles. The van der Waals surface area contributed by atoms with E-state index in [-0.39, 0.29) is 22.1 Å². The van der Waals surface area contributed by atoms with Gasteiger partial charge >= 0.3 is 5.97 Å². The molecule has 8 heteroatoms. The highest BCUT2D eigenvalue weighted by Crippen LogP contribution is 2.38. The van der Waals surface area contributed by atoms with E-state index >= 15 is 0 Å². The van der Waals surface area contributed by atoms with Crippen LogP contribution in [0.15, 0.2) is 18.3 Å². The molecule has 1 aliphatic heterocycles. The maximum atomic E-state index is 14.3. The molecule has 0 aliphatic carbocycles. The molecule has 0 radical (unpaired) electrons. The van der Waals surface area contributed by atoms with Crippen molar-refractivity contribution in [1.82, 2.24) is 9.97 Å². The fraction of sp³-hybridized carbons (Fsp3) is 0.267. The van der Waals surface area contributed by atoms with Crippen molar-refractivity contribution in [1.29, 1.82) is 0 Å². The molecular weight excluding hydrogens is 333 g/mol. The van der Waals surface area contributed by atoms with Crippen molar-refractivity contribution < 1.29 is 22.7 Å². The number of fused-ring (bicyclic) bond motifs is 1. The molecule has 0 atom stereocenters. The summed E-state index contributed by atoms with van der Waals surface area (Å²) in [6.45, 7) is 3.24. The van der Waals surface area contributed by atoms with Gasteiger partial charge in [-0.2, -0.15) is 0 Å². The van der Waals surface area contributed by atoms with E-state index in [0.29, 0.717) is 0 Å². The molecule has 0 fully saturated rings. The quantitative estimate of drug-likeness (QED) is 0.764. The molecule has 0 saturated heterocycles.